The molecule has 1 radical (unpaired) electrons. The van der Waals surface area contributed by atoms with Crippen molar-refractivity contribution in [1.29, 1.82) is 0 Å². The highest BCUT2D eigenvalue weighted by Gasteiger charge is 2.05. The van der Waals surface area contributed by atoms with Crippen LogP contribution in [0.1, 0.15) is 0 Å². The van der Waals surface area contributed by atoms with Gasteiger partial charge in [0.1, 0.15) is 12.5 Å². The summed E-state index contributed by atoms with van der Waals surface area (Å²) in [6.07, 6.45) is 4.27. The Balaban J connectivity index is 2.58. The Morgan fingerprint density at radius 1 is 1.47 bits per heavy atom. The summed E-state index contributed by atoms with van der Waals surface area (Å²) in [5.74, 6) is 0. The maximum Gasteiger partial charge on any atom is 0.326 e. The number of aromatic nitrogens is 4. The van der Waals surface area contributed by atoms with E-state index in [1.807, 2.05) is 12.1 Å². The first kappa shape index (κ1) is 8.16. The average molecular weight is 199 g/mol. The summed E-state index contributed by atoms with van der Waals surface area (Å²) >= 11 is 0. The molecule has 0 fully saturated rings. The van der Waals surface area contributed by atoms with Crippen molar-refractivity contribution < 1.29 is 0 Å². The van der Waals surface area contributed by atoms with Crippen LogP contribution in [0.4, 0.5) is 0 Å². The fourth-order valence-corrected chi connectivity index (χ4v) is 1.65. The van der Waals surface area contributed by atoms with Crippen LogP contribution in [0.25, 0.3) is 21.9 Å². The number of hydrogen-bond donors (Lipinski definition) is 1. The fourth-order valence-electron chi connectivity index (χ4n) is 1.65. The van der Waals surface area contributed by atoms with Gasteiger partial charge in [0, 0.05) is 12.4 Å². The van der Waals surface area contributed by atoms with Crippen molar-refractivity contribution in [2.24, 2.45) is 7.05 Å². The Kier molecular flexibility index (Phi) is 1.45. The minimum Gasteiger partial charge on any atom is -0.306 e. The van der Waals surface area contributed by atoms with E-state index in [1.165, 1.54) is 6.33 Å². The molecule has 0 saturated carbocycles. The van der Waals surface area contributed by atoms with E-state index in [0.717, 1.165) is 21.9 Å². The van der Waals surface area contributed by atoms with Crippen molar-refractivity contribution in [3.63, 3.8) is 0 Å². The van der Waals surface area contributed by atoms with Gasteiger partial charge in [-0.2, -0.15) is 0 Å². The molecule has 0 bridgehead atoms. The van der Waals surface area contributed by atoms with Gasteiger partial charge in [0.15, 0.2) is 0 Å². The summed E-state index contributed by atoms with van der Waals surface area (Å²) in [7, 11) is 1.72. The highest BCUT2D eigenvalue weighted by atomic mass is 16.1. The lowest BCUT2D eigenvalue weighted by Crippen LogP contribution is -2.11. The van der Waals surface area contributed by atoms with Crippen molar-refractivity contribution >= 4 is 21.9 Å². The van der Waals surface area contributed by atoms with E-state index < -0.39 is 0 Å². The van der Waals surface area contributed by atoms with Gasteiger partial charge >= 0.3 is 5.69 Å². The van der Waals surface area contributed by atoms with Gasteiger partial charge in [-0.1, -0.05) is 0 Å². The van der Waals surface area contributed by atoms with Gasteiger partial charge in [-0.3, -0.25) is 4.57 Å². The molecule has 73 valence electrons. The summed E-state index contributed by atoms with van der Waals surface area (Å²) in [6, 6.07) is 3.67. The summed E-state index contributed by atoms with van der Waals surface area (Å²) in [5.41, 5.74) is 2.26. The third-order valence-corrected chi connectivity index (χ3v) is 2.46. The SMILES string of the molecule is Cn1c(=O)[nH]c2cc3[c]ncnc3cc21. The standard InChI is InChI=1S/C10H7N4O/c1-14-9-3-7-6(4-11-5-12-7)2-8(9)13-10(14)15/h2-3,5H,1H3,(H,13,15). The Bertz CT molecular complexity index is 710. The van der Waals surface area contributed by atoms with E-state index >= 15 is 0 Å². The van der Waals surface area contributed by atoms with Crippen LogP contribution >= 0.6 is 0 Å². The average Bonchev–Trinajstić information content (AvgIpc) is 2.52. The predicted molar refractivity (Wildman–Crippen MR) is 55.5 cm³/mol. The van der Waals surface area contributed by atoms with Gasteiger partial charge in [0.2, 0.25) is 0 Å². The zero-order valence-electron chi connectivity index (χ0n) is 7.98. The van der Waals surface area contributed by atoms with Crippen LogP contribution in [-0.4, -0.2) is 19.5 Å². The van der Waals surface area contributed by atoms with Crippen molar-refractivity contribution in [2.45, 2.75) is 0 Å². The van der Waals surface area contributed by atoms with Crippen LogP contribution in [-0.2, 0) is 7.05 Å². The quantitative estimate of drug-likeness (QED) is 0.577. The first-order chi connectivity index (χ1) is 7.25. The second kappa shape index (κ2) is 2.66. The first-order valence-electron chi connectivity index (χ1n) is 4.47. The van der Waals surface area contributed by atoms with Crippen LogP contribution in [0.3, 0.4) is 0 Å². The molecular formula is C10H7N4O. The van der Waals surface area contributed by atoms with Crippen LogP contribution in [0, 0.1) is 6.20 Å². The Labute approximate surface area is 84.4 Å². The van der Waals surface area contributed by atoms with Gasteiger partial charge in [-0.05, 0) is 12.1 Å². The number of hydrogen-bond acceptors (Lipinski definition) is 3. The molecule has 0 spiro atoms. The second-order valence-corrected chi connectivity index (χ2v) is 3.36. The molecule has 0 aliphatic rings. The highest BCUT2D eigenvalue weighted by Crippen LogP contribution is 2.16. The number of aryl methyl sites for hydroxylation is 1. The van der Waals surface area contributed by atoms with Gasteiger partial charge in [-0.25, -0.2) is 14.8 Å². The number of aromatic amines is 1. The van der Waals surface area contributed by atoms with Crippen molar-refractivity contribution in [3.8, 4) is 0 Å². The number of H-pyrrole nitrogens is 1. The molecule has 2 heterocycles. The molecule has 0 aliphatic carbocycles. The molecule has 1 aromatic carbocycles. The summed E-state index contributed by atoms with van der Waals surface area (Å²) in [6.45, 7) is 0. The molecule has 5 nitrogen and oxygen atoms in total. The van der Waals surface area contributed by atoms with Crippen LogP contribution in [0.2, 0.25) is 0 Å². The molecule has 3 aromatic rings. The lowest BCUT2D eigenvalue weighted by atomic mass is 10.2. The van der Waals surface area contributed by atoms with Crippen molar-refractivity contribution in [3.05, 3.63) is 35.1 Å². The van der Waals surface area contributed by atoms with E-state index in [0.29, 0.717) is 0 Å². The summed E-state index contributed by atoms with van der Waals surface area (Å²) in [4.78, 5) is 22.1. The van der Waals surface area contributed by atoms with E-state index in [-0.39, 0.29) is 5.69 Å². The van der Waals surface area contributed by atoms with E-state index in [1.54, 1.807) is 11.6 Å². The van der Waals surface area contributed by atoms with E-state index in [4.69, 9.17) is 0 Å². The van der Waals surface area contributed by atoms with E-state index in [9.17, 15) is 4.79 Å². The molecule has 0 amide bonds. The molecule has 5 heteroatoms. The molecule has 0 saturated heterocycles. The summed E-state index contributed by atoms with van der Waals surface area (Å²) < 4.78 is 1.55. The number of imidazole rings is 1. The molecule has 1 N–H and O–H groups in total. The zero-order valence-corrected chi connectivity index (χ0v) is 7.98. The van der Waals surface area contributed by atoms with E-state index in [2.05, 4.69) is 21.1 Å². The molecule has 2 aromatic heterocycles. The predicted octanol–water partition coefficient (Wildman–Crippen LogP) is 0.610. The first-order valence-corrected chi connectivity index (χ1v) is 4.47. The van der Waals surface area contributed by atoms with Crippen molar-refractivity contribution in [2.75, 3.05) is 0 Å². The number of benzene rings is 1. The van der Waals surface area contributed by atoms with Crippen LogP contribution in [0.15, 0.2) is 23.3 Å². The normalized spacial score (nSPS) is 11.3. The smallest absolute Gasteiger partial charge is 0.306 e. The zero-order chi connectivity index (χ0) is 10.4. The molecule has 3 rings (SSSR count). The maximum atomic E-state index is 11.4. The fraction of sp³-hybridized carbons (Fsp3) is 0.100. The van der Waals surface area contributed by atoms with Gasteiger partial charge in [-0.15, -0.1) is 0 Å². The Hall–Kier alpha value is -2.17. The van der Waals surface area contributed by atoms with Gasteiger partial charge < -0.3 is 4.98 Å². The Morgan fingerprint density at radius 2 is 2.33 bits per heavy atom. The molecule has 0 unspecified atom stereocenters. The lowest BCUT2D eigenvalue weighted by Gasteiger charge is -1.96. The number of nitrogens with zero attached hydrogens (tertiary/aromatic N) is 3. The second-order valence-electron chi connectivity index (χ2n) is 3.36. The van der Waals surface area contributed by atoms with Gasteiger partial charge in [0.05, 0.1) is 16.6 Å². The topological polar surface area (TPSA) is 63.6 Å². The number of rotatable bonds is 0. The molecule has 0 atom stereocenters. The number of fused-ring (bicyclic) bond motifs is 2. The number of nitrogens with one attached hydrogen (secondary N) is 1. The third kappa shape index (κ3) is 1.06. The Morgan fingerprint density at radius 3 is 3.20 bits per heavy atom. The summed E-state index contributed by atoms with van der Waals surface area (Å²) in [5, 5.41) is 0.798. The minimum atomic E-state index is -0.131. The minimum absolute atomic E-state index is 0.131. The molecule has 0 aliphatic heterocycles. The molecule has 15 heavy (non-hydrogen) atoms. The highest BCUT2D eigenvalue weighted by molar-refractivity contribution is 5.92. The largest absolute Gasteiger partial charge is 0.326 e. The van der Waals surface area contributed by atoms with Crippen molar-refractivity contribution in [1.82, 2.24) is 19.5 Å². The van der Waals surface area contributed by atoms with Gasteiger partial charge in [0.25, 0.3) is 0 Å². The maximum absolute atomic E-state index is 11.4. The monoisotopic (exact) mass is 199 g/mol. The van der Waals surface area contributed by atoms with Crippen LogP contribution < -0.4 is 5.69 Å². The molecular weight excluding hydrogens is 192 g/mol. The van der Waals surface area contributed by atoms with Crippen LogP contribution in [0.5, 0.6) is 0 Å². The lowest BCUT2D eigenvalue weighted by molar-refractivity contribution is 0.892. The third-order valence-electron chi connectivity index (χ3n) is 2.46.